The molecule has 2 fully saturated rings. The Labute approximate surface area is 108 Å². The van der Waals surface area contributed by atoms with Crippen molar-refractivity contribution in [2.45, 2.75) is 39.2 Å². The quantitative estimate of drug-likeness (QED) is 0.603. The topological polar surface area (TPSA) is 46.5 Å². The highest BCUT2D eigenvalue weighted by Crippen LogP contribution is 2.73. The summed E-state index contributed by atoms with van der Waals surface area (Å²) in [6, 6.07) is 0. The zero-order valence-corrected chi connectivity index (χ0v) is 11.3. The first-order chi connectivity index (χ1) is 8.38. The van der Waals surface area contributed by atoms with Crippen LogP contribution in [0.4, 0.5) is 0 Å². The van der Waals surface area contributed by atoms with Gasteiger partial charge >= 0.3 is 5.97 Å². The number of allylic oxidation sites excluding steroid dienone is 2. The van der Waals surface area contributed by atoms with E-state index in [0.29, 0.717) is 17.8 Å². The van der Waals surface area contributed by atoms with Gasteiger partial charge < -0.3 is 9.84 Å². The fraction of sp³-hybridized carbons (Fsp3) is 0.800. The standard InChI is InChI=1S/C15H22O3/c1-14(2,3)18-13(17)11-6-9-4-5-12(11)15(9)7-10(15)8-16/h4-5,9-12,16H,6-8H2,1-3H3/t9-,10?,11+,12+,15?/m1/s1. The molecule has 3 aliphatic carbocycles. The van der Waals surface area contributed by atoms with E-state index in [1.165, 1.54) is 0 Å². The van der Waals surface area contributed by atoms with Crippen molar-refractivity contribution in [2.24, 2.45) is 29.1 Å². The molecule has 1 N–H and O–H groups in total. The van der Waals surface area contributed by atoms with E-state index in [0.717, 1.165) is 12.8 Å². The van der Waals surface area contributed by atoms with Crippen LogP contribution in [0.2, 0.25) is 0 Å². The molecule has 0 aromatic heterocycles. The molecule has 0 amide bonds. The summed E-state index contributed by atoms with van der Waals surface area (Å²) >= 11 is 0. The maximum Gasteiger partial charge on any atom is 0.310 e. The maximum atomic E-state index is 12.2. The molecule has 0 aromatic rings. The minimum Gasteiger partial charge on any atom is -0.460 e. The summed E-state index contributed by atoms with van der Waals surface area (Å²) in [6.45, 7) is 6.00. The molecule has 3 nitrogen and oxygen atoms in total. The lowest BCUT2D eigenvalue weighted by Crippen LogP contribution is -2.31. The highest BCUT2D eigenvalue weighted by Gasteiger charge is 2.70. The van der Waals surface area contributed by atoms with Gasteiger partial charge in [0.25, 0.3) is 0 Å². The van der Waals surface area contributed by atoms with Gasteiger partial charge in [-0.05, 0) is 56.8 Å². The second-order valence-corrected chi connectivity index (χ2v) is 7.09. The molecule has 0 aromatic carbocycles. The van der Waals surface area contributed by atoms with Crippen LogP contribution in [0.25, 0.3) is 0 Å². The zero-order chi connectivity index (χ0) is 13.1. The third-order valence-corrected chi connectivity index (χ3v) is 4.93. The van der Waals surface area contributed by atoms with Crippen LogP contribution < -0.4 is 0 Å². The third-order valence-electron chi connectivity index (χ3n) is 4.93. The van der Waals surface area contributed by atoms with E-state index in [1.807, 2.05) is 20.8 Å². The van der Waals surface area contributed by atoms with Crippen molar-refractivity contribution in [3.8, 4) is 0 Å². The fourth-order valence-corrected chi connectivity index (χ4v) is 4.17. The van der Waals surface area contributed by atoms with Gasteiger partial charge in [-0.2, -0.15) is 0 Å². The number of hydrogen-bond acceptors (Lipinski definition) is 3. The molecule has 100 valence electrons. The Morgan fingerprint density at radius 3 is 2.72 bits per heavy atom. The molecule has 2 unspecified atom stereocenters. The Kier molecular flexibility index (Phi) is 2.44. The Balaban J connectivity index is 1.75. The summed E-state index contributed by atoms with van der Waals surface area (Å²) in [5.41, 5.74) is -0.202. The van der Waals surface area contributed by atoms with Gasteiger partial charge in [-0.3, -0.25) is 4.79 Å². The van der Waals surface area contributed by atoms with Crippen molar-refractivity contribution >= 4 is 5.97 Å². The van der Waals surface area contributed by atoms with Gasteiger partial charge in [0.15, 0.2) is 0 Å². The van der Waals surface area contributed by atoms with Crippen molar-refractivity contribution in [2.75, 3.05) is 6.61 Å². The SMILES string of the molecule is CC(C)(C)OC(=O)[C@H]1C[C@H]2C=C[C@@H]1C21CC1CO. The highest BCUT2D eigenvalue weighted by molar-refractivity contribution is 5.75. The molecular weight excluding hydrogens is 228 g/mol. The van der Waals surface area contributed by atoms with Gasteiger partial charge in [0.05, 0.1) is 5.92 Å². The molecule has 18 heavy (non-hydrogen) atoms. The zero-order valence-electron chi connectivity index (χ0n) is 11.3. The van der Waals surface area contributed by atoms with E-state index in [-0.39, 0.29) is 23.9 Å². The van der Waals surface area contributed by atoms with Crippen LogP contribution in [-0.4, -0.2) is 23.3 Å². The summed E-state index contributed by atoms with van der Waals surface area (Å²) in [7, 11) is 0. The molecule has 3 aliphatic rings. The molecule has 2 saturated carbocycles. The fourth-order valence-electron chi connectivity index (χ4n) is 4.17. The first-order valence-electron chi connectivity index (χ1n) is 6.90. The molecule has 0 saturated heterocycles. The summed E-state index contributed by atoms with van der Waals surface area (Å²) in [5, 5.41) is 9.36. The molecule has 3 heteroatoms. The van der Waals surface area contributed by atoms with Gasteiger partial charge in [0.2, 0.25) is 0 Å². The van der Waals surface area contributed by atoms with Crippen molar-refractivity contribution in [1.29, 1.82) is 0 Å². The van der Waals surface area contributed by atoms with Crippen molar-refractivity contribution in [3.05, 3.63) is 12.2 Å². The smallest absolute Gasteiger partial charge is 0.310 e. The molecule has 0 heterocycles. The molecule has 1 spiro atoms. The lowest BCUT2D eigenvalue weighted by atomic mass is 9.87. The van der Waals surface area contributed by atoms with Crippen LogP contribution in [0.5, 0.6) is 0 Å². The Bertz CT molecular complexity index is 406. The molecule has 2 bridgehead atoms. The summed E-state index contributed by atoms with van der Waals surface area (Å²) in [4.78, 5) is 12.2. The number of rotatable bonds is 2. The van der Waals surface area contributed by atoms with E-state index >= 15 is 0 Å². The van der Waals surface area contributed by atoms with Gasteiger partial charge in [-0.15, -0.1) is 0 Å². The predicted octanol–water partition coefficient (Wildman–Crippen LogP) is 2.15. The van der Waals surface area contributed by atoms with E-state index in [4.69, 9.17) is 4.74 Å². The Morgan fingerprint density at radius 2 is 2.17 bits per heavy atom. The summed E-state index contributed by atoms with van der Waals surface area (Å²) in [5.74, 6) is 1.14. The largest absolute Gasteiger partial charge is 0.460 e. The minimum absolute atomic E-state index is 0.00998. The summed E-state index contributed by atoms with van der Waals surface area (Å²) in [6.07, 6.45) is 6.43. The van der Waals surface area contributed by atoms with E-state index < -0.39 is 5.60 Å². The number of carbonyl (C=O) groups excluding carboxylic acids is 1. The number of aliphatic hydroxyl groups excluding tert-OH is 1. The van der Waals surface area contributed by atoms with Crippen molar-refractivity contribution in [1.82, 2.24) is 0 Å². The molecular formula is C15H22O3. The number of esters is 1. The predicted molar refractivity (Wildman–Crippen MR) is 67.7 cm³/mol. The Hall–Kier alpha value is -0.830. The van der Waals surface area contributed by atoms with Crippen LogP contribution in [0.15, 0.2) is 12.2 Å². The molecule has 0 aliphatic heterocycles. The average Bonchev–Trinajstić information content (AvgIpc) is 2.81. The van der Waals surface area contributed by atoms with Gasteiger partial charge in [-0.1, -0.05) is 12.2 Å². The number of ether oxygens (including phenoxy) is 1. The second kappa shape index (κ2) is 3.60. The van der Waals surface area contributed by atoms with Gasteiger partial charge in [-0.25, -0.2) is 0 Å². The average molecular weight is 250 g/mol. The van der Waals surface area contributed by atoms with Gasteiger partial charge in [0, 0.05) is 6.61 Å². The van der Waals surface area contributed by atoms with Crippen LogP contribution in [0.3, 0.4) is 0 Å². The van der Waals surface area contributed by atoms with Crippen LogP contribution in [-0.2, 0) is 9.53 Å². The normalized spacial score (nSPS) is 44.7. The number of carbonyl (C=O) groups is 1. The van der Waals surface area contributed by atoms with Crippen LogP contribution in [0, 0.1) is 29.1 Å². The van der Waals surface area contributed by atoms with Crippen molar-refractivity contribution < 1.29 is 14.6 Å². The highest BCUT2D eigenvalue weighted by atomic mass is 16.6. The second-order valence-electron chi connectivity index (χ2n) is 7.09. The molecule has 0 radical (unpaired) electrons. The monoisotopic (exact) mass is 250 g/mol. The van der Waals surface area contributed by atoms with E-state index in [1.54, 1.807) is 0 Å². The van der Waals surface area contributed by atoms with Gasteiger partial charge in [0.1, 0.15) is 5.60 Å². The Morgan fingerprint density at radius 1 is 1.44 bits per heavy atom. The van der Waals surface area contributed by atoms with Crippen molar-refractivity contribution in [3.63, 3.8) is 0 Å². The first-order valence-corrected chi connectivity index (χ1v) is 6.90. The molecule has 5 atom stereocenters. The van der Waals surface area contributed by atoms with Crippen LogP contribution >= 0.6 is 0 Å². The molecule has 3 rings (SSSR count). The van der Waals surface area contributed by atoms with E-state index in [9.17, 15) is 9.90 Å². The number of aliphatic hydroxyl groups is 1. The maximum absolute atomic E-state index is 12.2. The lowest BCUT2D eigenvalue weighted by molar-refractivity contribution is -0.161. The first kappa shape index (κ1) is 12.2. The van der Waals surface area contributed by atoms with E-state index in [2.05, 4.69) is 12.2 Å². The third kappa shape index (κ3) is 1.56. The van der Waals surface area contributed by atoms with Crippen LogP contribution in [0.1, 0.15) is 33.6 Å². The summed E-state index contributed by atoms with van der Waals surface area (Å²) < 4.78 is 5.53. The lowest BCUT2D eigenvalue weighted by Gasteiger charge is -2.25. The minimum atomic E-state index is -0.407. The number of hydrogen-bond donors (Lipinski definition) is 1.